The Morgan fingerprint density at radius 1 is 1.19 bits per heavy atom. The second-order valence-corrected chi connectivity index (χ2v) is 6.68. The first kappa shape index (κ1) is 16.4. The molecule has 2 rings (SSSR count). The Hall–Kier alpha value is -0.930. The zero-order chi connectivity index (χ0) is 15.5. The van der Waals surface area contributed by atoms with Gasteiger partial charge in [0.15, 0.2) is 0 Å². The number of hydrogen-bond acceptors (Lipinski definition) is 2. The molecular formula is C18H29FN2. The van der Waals surface area contributed by atoms with Gasteiger partial charge in [-0.25, -0.2) is 4.39 Å². The molecule has 1 aromatic rings. The third-order valence-corrected chi connectivity index (χ3v) is 5.48. The van der Waals surface area contributed by atoms with Gasteiger partial charge < -0.3 is 5.32 Å². The predicted octanol–water partition coefficient (Wildman–Crippen LogP) is 3.96. The fourth-order valence-electron chi connectivity index (χ4n) is 3.28. The van der Waals surface area contributed by atoms with Crippen LogP contribution in [-0.2, 0) is 6.54 Å². The first-order chi connectivity index (χ1) is 9.97. The number of hydrogen-bond donors (Lipinski definition) is 1. The zero-order valence-electron chi connectivity index (χ0n) is 13.9. The van der Waals surface area contributed by atoms with E-state index in [4.69, 9.17) is 0 Å². The second kappa shape index (κ2) is 6.45. The van der Waals surface area contributed by atoms with Crippen molar-refractivity contribution < 1.29 is 4.39 Å². The molecule has 0 bridgehead atoms. The lowest BCUT2D eigenvalue weighted by atomic mass is 9.82. The van der Waals surface area contributed by atoms with Crippen molar-refractivity contribution in [3.63, 3.8) is 0 Å². The van der Waals surface area contributed by atoms with Crippen molar-refractivity contribution in [2.24, 2.45) is 0 Å². The molecule has 0 saturated carbocycles. The molecule has 1 aliphatic rings. The van der Waals surface area contributed by atoms with Crippen molar-refractivity contribution in [3.05, 3.63) is 35.6 Å². The van der Waals surface area contributed by atoms with Crippen LogP contribution in [0, 0.1) is 5.82 Å². The lowest BCUT2D eigenvalue weighted by Crippen LogP contribution is -2.68. The van der Waals surface area contributed by atoms with Crippen LogP contribution < -0.4 is 5.32 Å². The van der Waals surface area contributed by atoms with Crippen LogP contribution in [-0.4, -0.2) is 29.1 Å². The zero-order valence-corrected chi connectivity index (χ0v) is 13.9. The number of benzene rings is 1. The van der Waals surface area contributed by atoms with E-state index in [0.29, 0.717) is 0 Å². The standard InChI is InChI=1S/C18H29FN2/c1-5-17(4)13-20-18(6-2,7-3)14-21(17)12-15-9-8-10-16(19)11-15/h8-11,20H,5-7,12-14H2,1-4H3. The fraction of sp³-hybridized carbons (Fsp3) is 0.667. The average molecular weight is 292 g/mol. The number of halogens is 1. The van der Waals surface area contributed by atoms with E-state index in [9.17, 15) is 4.39 Å². The van der Waals surface area contributed by atoms with Crippen LogP contribution in [0.4, 0.5) is 4.39 Å². The van der Waals surface area contributed by atoms with E-state index >= 15 is 0 Å². The van der Waals surface area contributed by atoms with Crippen molar-refractivity contribution in [2.45, 2.75) is 64.6 Å². The molecular weight excluding hydrogens is 263 g/mol. The maximum absolute atomic E-state index is 13.4. The van der Waals surface area contributed by atoms with E-state index in [-0.39, 0.29) is 16.9 Å². The average Bonchev–Trinajstić information content (AvgIpc) is 2.50. The minimum Gasteiger partial charge on any atom is -0.308 e. The van der Waals surface area contributed by atoms with E-state index in [1.54, 1.807) is 6.07 Å². The highest BCUT2D eigenvalue weighted by molar-refractivity contribution is 5.17. The maximum atomic E-state index is 13.4. The summed E-state index contributed by atoms with van der Waals surface area (Å²) in [6.07, 6.45) is 3.35. The lowest BCUT2D eigenvalue weighted by molar-refractivity contribution is 0.00271. The van der Waals surface area contributed by atoms with Crippen molar-refractivity contribution in [2.75, 3.05) is 13.1 Å². The van der Waals surface area contributed by atoms with Crippen LogP contribution in [0.2, 0.25) is 0 Å². The molecule has 0 spiro atoms. The summed E-state index contributed by atoms with van der Waals surface area (Å²) in [6.45, 7) is 11.9. The van der Waals surface area contributed by atoms with E-state index in [1.165, 1.54) is 6.07 Å². The third-order valence-electron chi connectivity index (χ3n) is 5.48. The van der Waals surface area contributed by atoms with Crippen LogP contribution in [0.3, 0.4) is 0 Å². The summed E-state index contributed by atoms with van der Waals surface area (Å²) in [7, 11) is 0. The summed E-state index contributed by atoms with van der Waals surface area (Å²) in [4.78, 5) is 2.55. The monoisotopic (exact) mass is 292 g/mol. The molecule has 0 aliphatic carbocycles. The van der Waals surface area contributed by atoms with Gasteiger partial charge in [0.1, 0.15) is 5.82 Å². The lowest BCUT2D eigenvalue weighted by Gasteiger charge is -2.53. The van der Waals surface area contributed by atoms with Gasteiger partial charge in [-0.1, -0.05) is 32.9 Å². The van der Waals surface area contributed by atoms with Gasteiger partial charge in [-0.15, -0.1) is 0 Å². The Kier molecular flexibility index (Phi) is 5.05. The van der Waals surface area contributed by atoms with Gasteiger partial charge in [0.05, 0.1) is 0 Å². The van der Waals surface area contributed by atoms with E-state index in [0.717, 1.165) is 44.5 Å². The molecule has 118 valence electrons. The van der Waals surface area contributed by atoms with Gasteiger partial charge in [-0.05, 0) is 43.9 Å². The largest absolute Gasteiger partial charge is 0.308 e. The van der Waals surface area contributed by atoms with Crippen LogP contribution in [0.5, 0.6) is 0 Å². The molecule has 1 N–H and O–H groups in total. The highest BCUT2D eigenvalue weighted by Gasteiger charge is 2.42. The first-order valence-corrected chi connectivity index (χ1v) is 8.21. The molecule has 1 saturated heterocycles. The normalized spacial score (nSPS) is 26.0. The van der Waals surface area contributed by atoms with Gasteiger partial charge >= 0.3 is 0 Å². The van der Waals surface area contributed by atoms with Gasteiger partial charge in [-0.2, -0.15) is 0 Å². The Labute approximate surface area is 128 Å². The van der Waals surface area contributed by atoms with Crippen molar-refractivity contribution in [3.8, 4) is 0 Å². The molecule has 0 amide bonds. The molecule has 0 aromatic heterocycles. The van der Waals surface area contributed by atoms with E-state index < -0.39 is 0 Å². The summed E-state index contributed by atoms with van der Waals surface area (Å²) >= 11 is 0. The fourth-order valence-corrected chi connectivity index (χ4v) is 3.28. The number of nitrogens with zero attached hydrogens (tertiary/aromatic N) is 1. The molecule has 1 aliphatic heterocycles. The van der Waals surface area contributed by atoms with E-state index in [2.05, 4.69) is 37.9 Å². The third kappa shape index (κ3) is 3.46. The second-order valence-electron chi connectivity index (χ2n) is 6.68. The number of piperazine rings is 1. The van der Waals surface area contributed by atoms with Crippen LogP contribution in [0.15, 0.2) is 24.3 Å². The van der Waals surface area contributed by atoms with Gasteiger partial charge in [0.2, 0.25) is 0 Å². The Bertz CT molecular complexity index is 470. The maximum Gasteiger partial charge on any atom is 0.123 e. The Balaban J connectivity index is 2.22. The summed E-state index contributed by atoms with van der Waals surface area (Å²) in [5.74, 6) is -0.141. The highest BCUT2D eigenvalue weighted by atomic mass is 19.1. The van der Waals surface area contributed by atoms with Gasteiger partial charge in [0, 0.05) is 30.7 Å². The molecule has 1 unspecified atom stereocenters. The van der Waals surface area contributed by atoms with Crippen molar-refractivity contribution in [1.82, 2.24) is 10.2 Å². The van der Waals surface area contributed by atoms with Crippen LogP contribution >= 0.6 is 0 Å². The quantitative estimate of drug-likeness (QED) is 0.883. The smallest absolute Gasteiger partial charge is 0.123 e. The Morgan fingerprint density at radius 2 is 1.90 bits per heavy atom. The summed E-state index contributed by atoms with van der Waals surface area (Å²) in [5.41, 5.74) is 1.40. The molecule has 1 aromatic carbocycles. The van der Waals surface area contributed by atoms with Crippen LogP contribution in [0.1, 0.15) is 52.5 Å². The van der Waals surface area contributed by atoms with Gasteiger partial charge in [0.25, 0.3) is 0 Å². The van der Waals surface area contributed by atoms with Crippen molar-refractivity contribution in [1.29, 1.82) is 0 Å². The highest BCUT2D eigenvalue weighted by Crippen LogP contribution is 2.31. The molecule has 2 nitrogen and oxygen atoms in total. The molecule has 0 radical (unpaired) electrons. The molecule has 3 heteroatoms. The summed E-state index contributed by atoms with van der Waals surface area (Å²) in [6, 6.07) is 7.02. The minimum absolute atomic E-state index is 0.139. The SMILES string of the molecule is CCC1(CC)CN(Cc2cccc(F)c2)C(C)(CC)CN1. The first-order valence-electron chi connectivity index (χ1n) is 8.21. The Morgan fingerprint density at radius 3 is 2.48 bits per heavy atom. The predicted molar refractivity (Wildman–Crippen MR) is 86.8 cm³/mol. The topological polar surface area (TPSA) is 15.3 Å². The molecule has 1 fully saturated rings. The molecule has 1 heterocycles. The molecule has 1 atom stereocenters. The van der Waals surface area contributed by atoms with Gasteiger partial charge in [-0.3, -0.25) is 4.90 Å². The van der Waals surface area contributed by atoms with Crippen molar-refractivity contribution >= 4 is 0 Å². The molecule has 21 heavy (non-hydrogen) atoms. The summed E-state index contributed by atoms with van der Waals surface area (Å²) in [5, 5.41) is 3.78. The van der Waals surface area contributed by atoms with Crippen LogP contribution in [0.25, 0.3) is 0 Å². The summed E-state index contributed by atoms with van der Waals surface area (Å²) < 4.78 is 13.4. The van der Waals surface area contributed by atoms with E-state index in [1.807, 2.05) is 12.1 Å². The number of nitrogens with one attached hydrogen (secondary N) is 1. The number of rotatable bonds is 5. The minimum atomic E-state index is -0.141.